The van der Waals surface area contributed by atoms with Crippen LogP contribution in [0.2, 0.25) is 0 Å². The van der Waals surface area contributed by atoms with Gasteiger partial charge in [0.05, 0.1) is 6.54 Å². The van der Waals surface area contributed by atoms with Gasteiger partial charge < -0.3 is 5.11 Å². The molecule has 0 aromatic heterocycles. The highest BCUT2D eigenvalue weighted by Crippen LogP contribution is 2.26. The first kappa shape index (κ1) is 10.3. The van der Waals surface area contributed by atoms with Crippen LogP contribution in [0.15, 0.2) is 11.6 Å². The Kier molecular flexibility index (Phi) is 3.48. The first-order valence-electron chi connectivity index (χ1n) is 4.69. The molecule has 0 spiro atoms. The van der Waals surface area contributed by atoms with E-state index >= 15 is 0 Å². The standard InChI is InChI=1S/C10H17NO2/c1-8(2)5-6-11(7-10(12)13)9-3-4-9/h5,9H,3-4,6-7H2,1-2H3,(H,12,13). The van der Waals surface area contributed by atoms with E-state index in [1.165, 1.54) is 5.57 Å². The maximum atomic E-state index is 10.5. The highest BCUT2D eigenvalue weighted by Gasteiger charge is 2.29. The molecule has 1 aliphatic carbocycles. The topological polar surface area (TPSA) is 40.5 Å². The lowest BCUT2D eigenvalue weighted by Crippen LogP contribution is -2.32. The van der Waals surface area contributed by atoms with Crippen LogP contribution < -0.4 is 0 Å². The predicted molar refractivity (Wildman–Crippen MR) is 51.7 cm³/mol. The number of carboxylic acid groups (broad SMARTS) is 1. The zero-order valence-electron chi connectivity index (χ0n) is 8.29. The number of hydrogen-bond donors (Lipinski definition) is 1. The molecule has 3 nitrogen and oxygen atoms in total. The van der Waals surface area contributed by atoms with Gasteiger partial charge in [0.1, 0.15) is 0 Å². The molecule has 13 heavy (non-hydrogen) atoms. The van der Waals surface area contributed by atoms with Crippen molar-refractivity contribution in [2.45, 2.75) is 32.7 Å². The van der Waals surface area contributed by atoms with E-state index in [9.17, 15) is 4.79 Å². The zero-order valence-corrected chi connectivity index (χ0v) is 8.29. The summed E-state index contributed by atoms with van der Waals surface area (Å²) in [5, 5.41) is 8.66. The summed E-state index contributed by atoms with van der Waals surface area (Å²) in [4.78, 5) is 12.5. The lowest BCUT2D eigenvalue weighted by molar-refractivity contribution is -0.138. The van der Waals surface area contributed by atoms with Crippen LogP contribution in [0.25, 0.3) is 0 Å². The smallest absolute Gasteiger partial charge is 0.317 e. The molecule has 0 aromatic rings. The van der Waals surface area contributed by atoms with Gasteiger partial charge in [0, 0.05) is 12.6 Å². The number of allylic oxidation sites excluding steroid dienone is 1. The van der Waals surface area contributed by atoms with Gasteiger partial charge in [-0.1, -0.05) is 11.6 Å². The number of rotatable bonds is 5. The summed E-state index contributed by atoms with van der Waals surface area (Å²) >= 11 is 0. The predicted octanol–water partition coefficient (Wildman–Crippen LogP) is 1.50. The van der Waals surface area contributed by atoms with Crippen LogP contribution >= 0.6 is 0 Å². The van der Waals surface area contributed by atoms with E-state index in [0.717, 1.165) is 19.4 Å². The fourth-order valence-corrected chi connectivity index (χ4v) is 1.26. The van der Waals surface area contributed by atoms with E-state index in [0.29, 0.717) is 6.04 Å². The third-order valence-corrected chi connectivity index (χ3v) is 2.14. The van der Waals surface area contributed by atoms with Crippen LogP contribution in [0.5, 0.6) is 0 Å². The van der Waals surface area contributed by atoms with Crippen molar-refractivity contribution < 1.29 is 9.90 Å². The van der Waals surface area contributed by atoms with E-state index in [2.05, 4.69) is 6.08 Å². The quantitative estimate of drug-likeness (QED) is 0.657. The molecule has 3 heteroatoms. The van der Waals surface area contributed by atoms with Crippen molar-refractivity contribution in [3.8, 4) is 0 Å². The van der Waals surface area contributed by atoms with Crippen molar-refractivity contribution in [1.29, 1.82) is 0 Å². The third kappa shape index (κ3) is 4.08. The molecule has 74 valence electrons. The number of nitrogens with zero attached hydrogens (tertiary/aromatic N) is 1. The van der Waals surface area contributed by atoms with E-state index in [1.807, 2.05) is 18.7 Å². The number of carbonyl (C=O) groups is 1. The molecule has 1 fully saturated rings. The van der Waals surface area contributed by atoms with Crippen molar-refractivity contribution >= 4 is 5.97 Å². The fraction of sp³-hybridized carbons (Fsp3) is 0.700. The van der Waals surface area contributed by atoms with Crippen molar-refractivity contribution in [2.75, 3.05) is 13.1 Å². The van der Waals surface area contributed by atoms with Gasteiger partial charge in [-0.2, -0.15) is 0 Å². The molecule has 1 aliphatic rings. The summed E-state index contributed by atoms with van der Waals surface area (Å²) in [5.74, 6) is -0.728. The average Bonchev–Trinajstić information content (AvgIpc) is 2.78. The van der Waals surface area contributed by atoms with E-state index in [1.54, 1.807) is 0 Å². The molecule has 0 amide bonds. The second-order valence-electron chi connectivity index (χ2n) is 3.84. The number of hydrogen-bond acceptors (Lipinski definition) is 2. The molecule has 0 aliphatic heterocycles. The van der Waals surface area contributed by atoms with Crippen LogP contribution in [0.4, 0.5) is 0 Å². The molecule has 0 unspecified atom stereocenters. The lowest BCUT2D eigenvalue weighted by atomic mass is 10.3. The Hall–Kier alpha value is -0.830. The maximum absolute atomic E-state index is 10.5. The van der Waals surface area contributed by atoms with Crippen LogP contribution in [-0.4, -0.2) is 35.1 Å². The van der Waals surface area contributed by atoms with Gasteiger partial charge in [0.2, 0.25) is 0 Å². The molecule has 0 aromatic carbocycles. The van der Waals surface area contributed by atoms with Gasteiger partial charge in [0.25, 0.3) is 0 Å². The second-order valence-corrected chi connectivity index (χ2v) is 3.84. The third-order valence-electron chi connectivity index (χ3n) is 2.14. The minimum atomic E-state index is -0.728. The number of aliphatic carboxylic acids is 1. The highest BCUT2D eigenvalue weighted by molar-refractivity contribution is 5.69. The Morgan fingerprint density at radius 3 is 2.54 bits per heavy atom. The van der Waals surface area contributed by atoms with Crippen LogP contribution in [0, 0.1) is 0 Å². The van der Waals surface area contributed by atoms with Crippen LogP contribution in [0.3, 0.4) is 0 Å². The minimum absolute atomic E-state index is 0.175. The van der Waals surface area contributed by atoms with Crippen LogP contribution in [-0.2, 0) is 4.79 Å². The summed E-state index contributed by atoms with van der Waals surface area (Å²) in [6.45, 7) is 5.02. The summed E-state index contributed by atoms with van der Waals surface area (Å²) in [6.07, 6.45) is 4.40. The summed E-state index contributed by atoms with van der Waals surface area (Å²) in [7, 11) is 0. The maximum Gasteiger partial charge on any atom is 0.317 e. The second kappa shape index (κ2) is 4.42. The molecular formula is C10H17NO2. The summed E-state index contributed by atoms with van der Waals surface area (Å²) in [5.41, 5.74) is 1.25. The molecule has 0 atom stereocenters. The monoisotopic (exact) mass is 183 g/mol. The van der Waals surface area contributed by atoms with Crippen molar-refractivity contribution in [2.24, 2.45) is 0 Å². The molecule has 0 saturated heterocycles. The zero-order chi connectivity index (χ0) is 9.84. The lowest BCUT2D eigenvalue weighted by Gasteiger charge is -2.17. The molecule has 1 N–H and O–H groups in total. The van der Waals surface area contributed by atoms with Gasteiger partial charge in [-0.25, -0.2) is 0 Å². The normalized spacial score (nSPS) is 15.9. The molecule has 1 saturated carbocycles. The van der Waals surface area contributed by atoms with Crippen molar-refractivity contribution in [3.63, 3.8) is 0 Å². The molecule has 0 heterocycles. The SMILES string of the molecule is CC(C)=CCN(CC(=O)O)C1CC1. The molecule has 0 bridgehead atoms. The fourth-order valence-electron chi connectivity index (χ4n) is 1.26. The molecular weight excluding hydrogens is 166 g/mol. The highest BCUT2D eigenvalue weighted by atomic mass is 16.4. The van der Waals surface area contributed by atoms with Gasteiger partial charge in [-0.15, -0.1) is 0 Å². The number of carboxylic acids is 1. The minimum Gasteiger partial charge on any atom is -0.480 e. The Labute approximate surface area is 79.0 Å². The largest absolute Gasteiger partial charge is 0.480 e. The van der Waals surface area contributed by atoms with Crippen molar-refractivity contribution in [1.82, 2.24) is 4.90 Å². The molecule has 1 rings (SSSR count). The molecule has 0 radical (unpaired) electrons. The van der Waals surface area contributed by atoms with E-state index in [-0.39, 0.29) is 6.54 Å². The van der Waals surface area contributed by atoms with Gasteiger partial charge in [-0.05, 0) is 26.7 Å². The van der Waals surface area contributed by atoms with Crippen molar-refractivity contribution in [3.05, 3.63) is 11.6 Å². The summed E-state index contributed by atoms with van der Waals surface area (Å²) in [6, 6.07) is 0.520. The Balaban J connectivity index is 2.38. The first-order valence-corrected chi connectivity index (χ1v) is 4.69. The Morgan fingerprint density at radius 1 is 1.54 bits per heavy atom. The Bertz CT molecular complexity index is 215. The first-order chi connectivity index (χ1) is 6.09. The van der Waals surface area contributed by atoms with Gasteiger partial charge >= 0.3 is 5.97 Å². The van der Waals surface area contributed by atoms with Gasteiger partial charge in [-0.3, -0.25) is 9.69 Å². The van der Waals surface area contributed by atoms with E-state index < -0.39 is 5.97 Å². The average molecular weight is 183 g/mol. The van der Waals surface area contributed by atoms with E-state index in [4.69, 9.17) is 5.11 Å². The summed E-state index contributed by atoms with van der Waals surface area (Å²) < 4.78 is 0. The Morgan fingerprint density at radius 2 is 2.15 bits per heavy atom. The van der Waals surface area contributed by atoms with Gasteiger partial charge in [0.15, 0.2) is 0 Å². The van der Waals surface area contributed by atoms with Crippen LogP contribution in [0.1, 0.15) is 26.7 Å².